The summed E-state index contributed by atoms with van der Waals surface area (Å²) in [5.41, 5.74) is 1.83. The maximum absolute atomic E-state index is 6.03. The molecule has 0 spiro atoms. The highest BCUT2D eigenvalue weighted by atomic mass is 32.1. The molecule has 124 valence electrons. The fourth-order valence-electron chi connectivity index (χ4n) is 2.19. The highest BCUT2D eigenvalue weighted by molar-refractivity contribution is 7.17. The van der Waals surface area contributed by atoms with Gasteiger partial charge in [0.2, 0.25) is 5.06 Å². The quantitative estimate of drug-likeness (QED) is 0.622. The van der Waals surface area contributed by atoms with Crippen molar-refractivity contribution in [1.29, 1.82) is 0 Å². The molecule has 1 aromatic heterocycles. The second-order valence-corrected chi connectivity index (χ2v) is 6.15. The van der Waals surface area contributed by atoms with Gasteiger partial charge in [0.1, 0.15) is 17.2 Å². The zero-order valence-electron chi connectivity index (χ0n) is 13.8. The highest BCUT2D eigenvalue weighted by Gasteiger charge is 2.15. The molecule has 0 fully saturated rings. The Morgan fingerprint density at radius 2 is 1.75 bits per heavy atom. The van der Waals surface area contributed by atoms with Crippen molar-refractivity contribution in [2.24, 2.45) is 0 Å². The van der Waals surface area contributed by atoms with Crippen LogP contribution in [0.5, 0.6) is 16.6 Å². The molecule has 0 saturated carbocycles. The van der Waals surface area contributed by atoms with Gasteiger partial charge >= 0.3 is 0 Å². The number of para-hydroxylation sites is 1. The van der Waals surface area contributed by atoms with Crippen LogP contribution in [0.25, 0.3) is 11.3 Å². The molecule has 4 nitrogen and oxygen atoms in total. The zero-order chi connectivity index (χ0) is 16.8. The molecular formula is C19H20N2O2S. The molecule has 3 rings (SSSR count). The van der Waals surface area contributed by atoms with Crippen LogP contribution in [0.4, 0.5) is 5.13 Å². The molecule has 0 saturated heterocycles. The van der Waals surface area contributed by atoms with Gasteiger partial charge in [-0.3, -0.25) is 0 Å². The number of ether oxygens (including phenoxy) is 2. The summed E-state index contributed by atoms with van der Waals surface area (Å²) in [6.45, 7) is 2.82. The van der Waals surface area contributed by atoms with E-state index >= 15 is 0 Å². The van der Waals surface area contributed by atoms with E-state index in [1.54, 1.807) is 0 Å². The summed E-state index contributed by atoms with van der Waals surface area (Å²) in [5.74, 6) is 1.67. The van der Waals surface area contributed by atoms with Crippen LogP contribution in [0.15, 0.2) is 54.6 Å². The number of rotatable bonds is 7. The first kappa shape index (κ1) is 16.3. The molecule has 3 aromatic rings. The first-order valence-corrected chi connectivity index (χ1v) is 8.76. The fourth-order valence-corrected chi connectivity index (χ4v) is 3.00. The van der Waals surface area contributed by atoms with Crippen molar-refractivity contribution in [3.8, 4) is 27.8 Å². The lowest BCUT2D eigenvalue weighted by molar-refractivity contribution is 0.317. The molecule has 0 atom stereocenters. The number of anilines is 1. The SMILES string of the molecule is CCCOc1ccc(-c2nc(NC)sc2Oc2ccccc2)cc1. The molecule has 0 bridgehead atoms. The van der Waals surface area contributed by atoms with Crippen LogP contribution in [0, 0.1) is 0 Å². The van der Waals surface area contributed by atoms with Crippen molar-refractivity contribution in [1.82, 2.24) is 4.98 Å². The summed E-state index contributed by atoms with van der Waals surface area (Å²) in [6.07, 6.45) is 0.994. The van der Waals surface area contributed by atoms with Crippen LogP contribution < -0.4 is 14.8 Å². The maximum Gasteiger partial charge on any atom is 0.210 e. The minimum absolute atomic E-state index is 0.725. The lowest BCUT2D eigenvalue weighted by atomic mass is 10.1. The minimum Gasteiger partial charge on any atom is -0.494 e. The summed E-state index contributed by atoms with van der Waals surface area (Å²) < 4.78 is 11.7. The Kier molecular flexibility index (Phi) is 5.33. The van der Waals surface area contributed by atoms with Crippen molar-refractivity contribution in [3.05, 3.63) is 54.6 Å². The third-order valence-electron chi connectivity index (χ3n) is 3.36. The van der Waals surface area contributed by atoms with Gasteiger partial charge in [-0.15, -0.1) is 0 Å². The zero-order valence-corrected chi connectivity index (χ0v) is 14.6. The second kappa shape index (κ2) is 7.84. The average molecular weight is 340 g/mol. The van der Waals surface area contributed by atoms with E-state index in [4.69, 9.17) is 9.47 Å². The van der Waals surface area contributed by atoms with E-state index in [-0.39, 0.29) is 0 Å². The lowest BCUT2D eigenvalue weighted by Gasteiger charge is -2.07. The van der Waals surface area contributed by atoms with Crippen molar-refractivity contribution >= 4 is 16.5 Å². The number of thiazole rings is 1. The van der Waals surface area contributed by atoms with Crippen molar-refractivity contribution in [2.75, 3.05) is 19.0 Å². The van der Waals surface area contributed by atoms with E-state index in [1.165, 1.54) is 11.3 Å². The fraction of sp³-hybridized carbons (Fsp3) is 0.211. The standard InChI is InChI=1S/C19H20N2O2S/c1-3-13-22-15-11-9-14(10-12-15)17-18(24-19(20-2)21-17)23-16-7-5-4-6-8-16/h4-12H,3,13H2,1-2H3,(H,20,21). The number of hydrogen-bond acceptors (Lipinski definition) is 5. The Morgan fingerprint density at radius 3 is 2.42 bits per heavy atom. The van der Waals surface area contributed by atoms with E-state index in [2.05, 4.69) is 17.2 Å². The monoisotopic (exact) mass is 340 g/mol. The maximum atomic E-state index is 6.03. The predicted octanol–water partition coefficient (Wildman–Crippen LogP) is 5.43. The Bertz CT molecular complexity index is 770. The lowest BCUT2D eigenvalue weighted by Crippen LogP contribution is -1.94. The number of nitrogens with zero attached hydrogens (tertiary/aromatic N) is 1. The number of hydrogen-bond donors (Lipinski definition) is 1. The summed E-state index contributed by atoms with van der Waals surface area (Å²) >= 11 is 1.49. The van der Waals surface area contributed by atoms with Gasteiger partial charge in [-0.25, -0.2) is 4.98 Å². The Labute approximate surface area is 146 Å². The Hall–Kier alpha value is -2.53. The molecule has 1 heterocycles. The Balaban J connectivity index is 1.87. The molecule has 0 amide bonds. The van der Waals surface area contributed by atoms with Gasteiger partial charge in [0, 0.05) is 12.6 Å². The molecule has 0 radical (unpaired) electrons. The first-order valence-electron chi connectivity index (χ1n) is 7.95. The number of aromatic nitrogens is 1. The molecule has 24 heavy (non-hydrogen) atoms. The molecular weight excluding hydrogens is 320 g/mol. The molecule has 0 aliphatic heterocycles. The smallest absolute Gasteiger partial charge is 0.210 e. The van der Waals surface area contributed by atoms with Crippen LogP contribution in [0.3, 0.4) is 0 Å². The largest absolute Gasteiger partial charge is 0.494 e. The van der Waals surface area contributed by atoms with Gasteiger partial charge in [-0.2, -0.15) is 0 Å². The minimum atomic E-state index is 0.725. The topological polar surface area (TPSA) is 43.4 Å². The summed E-state index contributed by atoms with van der Waals surface area (Å²) in [6, 6.07) is 17.7. The second-order valence-electron chi connectivity index (χ2n) is 5.19. The molecule has 5 heteroatoms. The Morgan fingerprint density at radius 1 is 1.00 bits per heavy atom. The predicted molar refractivity (Wildman–Crippen MR) is 99.4 cm³/mol. The van der Waals surface area contributed by atoms with Crippen molar-refractivity contribution in [2.45, 2.75) is 13.3 Å². The molecule has 0 unspecified atom stereocenters. The van der Waals surface area contributed by atoms with E-state index in [0.29, 0.717) is 0 Å². The first-order chi connectivity index (χ1) is 11.8. The van der Waals surface area contributed by atoms with Gasteiger partial charge in [0.25, 0.3) is 0 Å². The normalized spacial score (nSPS) is 10.4. The van der Waals surface area contributed by atoms with Crippen LogP contribution in [0.2, 0.25) is 0 Å². The van der Waals surface area contributed by atoms with E-state index in [1.807, 2.05) is 61.6 Å². The van der Waals surface area contributed by atoms with Crippen LogP contribution in [0.1, 0.15) is 13.3 Å². The summed E-state index contributed by atoms with van der Waals surface area (Å²) in [4.78, 5) is 4.63. The third-order valence-corrected chi connectivity index (χ3v) is 4.32. The summed E-state index contributed by atoms with van der Waals surface area (Å²) in [7, 11) is 1.86. The molecule has 0 aliphatic rings. The number of nitrogens with one attached hydrogen (secondary N) is 1. The van der Waals surface area contributed by atoms with Gasteiger partial charge in [-0.1, -0.05) is 36.5 Å². The molecule has 1 N–H and O–H groups in total. The van der Waals surface area contributed by atoms with Crippen molar-refractivity contribution in [3.63, 3.8) is 0 Å². The van der Waals surface area contributed by atoms with Crippen LogP contribution in [-0.2, 0) is 0 Å². The highest BCUT2D eigenvalue weighted by Crippen LogP contribution is 2.40. The number of benzene rings is 2. The van der Waals surface area contributed by atoms with Gasteiger partial charge in [0.05, 0.1) is 6.61 Å². The summed E-state index contributed by atoms with van der Waals surface area (Å²) in [5, 5.41) is 4.68. The van der Waals surface area contributed by atoms with E-state index in [9.17, 15) is 0 Å². The van der Waals surface area contributed by atoms with E-state index < -0.39 is 0 Å². The van der Waals surface area contributed by atoms with Gasteiger partial charge < -0.3 is 14.8 Å². The van der Waals surface area contributed by atoms with Gasteiger partial charge in [-0.05, 0) is 42.8 Å². The van der Waals surface area contributed by atoms with Crippen LogP contribution >= 0.6 is 11.3 Å². The molecule has 2 aromatic carbocycles. The van der Waals surface area contributed by atoms with E-state index in [0.717, 1.165) is 46.0 Å². The molecule has 0 aliphatic carbocycles. The van der Waals surface area contributed by atoms with Gasteiger partial charge in [0.15, 0.2) is 5.13 Å². The van der Waals surface area contributed by atoms with Crippen LogP contribution in [-0.4, -0.2) is 18.6 Å². The average Bonchev–Trinajstić information content (AvgIpc) is 3.04. The third kappa shape index (κ3) is 3.86. The van der Waals surface area contributed by atoms with Crippen molar-refractivity contribution < 1.29 is 9.47 Å².